The third-order valence-corrected chi connectivity index (χ3v) is 4.26. The van der Waals surface area contributed by atoms with E-state index in [1.54, 1.807) is 0 Å². The number of nitrogens with one attached hydrogen (secondary N) is 1. The van der Waals surface area contributed by atoms with Gasteiger partial charge in [0.25, 0.3) is 0 Å². The average molecular weight is 478 g/mol. The van der Waals surface area contributed by atoms with Crippen molar-refractivity contribution in [1.82, 2.24) is 15.1 Å². The molecule has 1 atom stereocenters. The normalized spacial score (nSPS) is 17.3. The van der Waals surface area contributed by atoms with Crippen LogP contribution >= 0.6 is 24.0 Å². The van der Waals surface area contributed by atoms with Crippen molar-refractivity contribution in [3.63, 3.8) is 0 Å². The molecule has 1 saturated heterocycles. The van der Waals surface area contributed by atoms with Crippen molar-refractivity contribution < 1.29 is 9.13 Å². The Morgan fingerprint density at radius 3 is 2.73 bits per heavy atom. The van der Waals surface area contributed by atoms with Gasteiger partial charge in [-0.15, -0.1) is 24.0 Å². The summed E-state index contributed by atoms with van der Waals surface area (Å²) < 4.78 is 19.4. The van der Waals surface area contributed by atoms with E-state index < -0.39 is 0 Å². The molecule has 7 heteroatoms. The molecule has 1 heterocycles. The van der Waals surface area contributed by atoms with Gasteiger partial charge in [0, 0.05) is 44.8 Å². The van der Waals surface area contributed by atoms with E-state index in [1.165, 1.54) is 6.07 Å². The van der Waals surface area contributed by atoms with Crippen LogP contribution in [0.5, 0.6) is 0 Å². The van der Waals surface area contributed by atoms with Gasteiger partial charge in [-0.1, -0.05) is 6.07 Å². The van der Waals surface area contributed by atoms with Crippen molar-refractivity contribution in [2.75, 3.05) is 47.4 Å². The molecular formula is C19H32FIN4O. The highest BCUT2D eigenvalue weighted by atomic mass is 127. The predicted octanol–water partition coefficient (Wildman–Crippen LogP) is 2.94. The molecule has 0 bridgehead atoms. The molecular weight excluding hydrogens is 446 g/mol. The fourth-order valence-corrected chi connectivity index (χ4v) is 3.03. The van der Waals surface area contributed by atoms with Gasteiger partial charge in [-0.3, -0.25) is 0 Å². The van der Waals surface area contributed by atoms with Gasteiger partial charge in [-0.05, 0) is 45.1 Å². The standard InChI is InChI=1S/C19H31FN4O.HI/c1-5-21-19(24(4)12-16-8-9-25-14-16)22-11-15-6-7-18(20)17(10-15)13-23(2)3;/h6-7,10,16H,5,8-9,11-14H2,1-4H3,(H,21,22);1H. The highest BCUT2D eigenvalue weighted by Gasteiger charge is 2.19. The summed E-state index contributed by atoms with van der Waals surface area (Å²) in [5, 5.41) is 3.34. The van der Waals surface area contributed by atoms with Crippen LogP contribution in [0.1, 0.15) is 24.5 Å². The van der Waals surface area contributed by atoms with Gasteiger partial charge in [0.1, 0.15) is 5.82 Å². The van der Waals surface area contributed by atoms with Crippen LogP contribution < -0.4 is 5.32 Å². The molecule has 0 spiro atoms. The maximum Gasteiger partial charge on any atom is 0.193 e. The Bertz CT molecular complexity index is 577. The molecule has 1 N–H and O–H groups in total. The minimum atomic E-state index is -0.160. The summed E-state index contributed by atoms with van der Waals surface area (Å²) in [7, 11) is 5.94. The first-order chi connectivity index (χ1) is 12.0. The van der Waals surface area contributed by atoms with Crippen LogP contribution in [0.2, 0.25) is 0 Å². The lowest BCUT2D eigenvalue weighted by atomic mass is 10.1. The Hall–Kier alpha value is -0.930. The highest BCUT2D eigenvalue weighted by molar-refractivity contribution is 14.0. The molecule has 0 amide bonds. The van der Waals surface area contributed by atoms with Crippen molar-refractivity contribution in [3.05, 3.63) is 35.1 Å². The quantitative estimate of drug-likeness (QED) is 0.372. The first-order valence-corrected chi connectivity index (χ1v) is 8.98. The zero-order valence-corrected chi connectivity index (χ0v) is 18.6. The van der Waals surface area contributed by atoms with Gasteiger partial charge in [-0.2, -0.15) is 0 Å². The Kier molecular flexibility index (Phi) is 10.4. The predicted molar refractivity (Wildman–Crippen MR) is 116 cm³/mol. The van der Waals surface area contributed by atoms with Crippen LogP contribution in [-0.4, -0.2) is 63.2 Å². The minimum Gasteiger partial charge on any atom is -0.381 e. The molecule has 5 nitrogen and oxygen atoms in total. The Labute approximate surface area is 174 Å². The Balaban J connectivity index is 0.00000338. The van der Waals surface area contributed by atoms with Crippen LogP contribution in [0.4, 0.5) is 4.39 Å². The van der Waals surface area contributed by atoms with E-state index in [0.717, 1.165) is 44.2 Å². The van der Waals surface area contributed by atoms with Gasteiger partial charge < -0.3 is 19.9 Å². The maximum absolute atomic E-state index is 13.9. The molecule has 26 heavy (non-hydrogen) atoms. The fraction of sp³-hybridized carbons (Fsp3) is 0.632. The summed E-state index contributed by atoms with van der Waals surface area (Å²) >= 11 is 0. The topological polar surface area (TPSA) is 40.1 Å². The average Bonchev–Trinajstić information content (AvgIpc) is 3.06. The van der Waals surface area contributed by atoms with Crippen LogP contribution in [0.3, 0.4) is 0 Å². The molecule has 1 unspecified atom stereocenters. The number of nitrogens with zero attached hydrogens (tertiary/aromatic N) is 3. The van der Waals surface area contributed by atoms with Crippen molar-refractivity contribution >= 4 is 29.9 Å². The van der Waals surface area contributed by atoms with E-state index in [0.29, 0.717) is 24.6 Å². The minimum absolute atomic E-state index is 0. The van der Waals surface area contributed by atoms with Crippen LogP contribution in [0.15, 0.2) is 23.2 Å². The molecule has 1 fully saturated rings. The van der Waals surface area contributed by atoms with Gasteiger partial charge in [-0.25, -0.2) is 9.38 Å². The number of ether oxygens (including phenoxy) is 1. The third kappa shape index (κ3) is 7.36. The van der Waals surface area contributed by atoms with E-state index >= 15 is 0 Å². The molecule has 1 aromatic carbocycles. The first-order valence-electron chi connectivity index (χ1n) is 8.98. The summed E-state index contributed by atoms with van der Waals surface area (Å²) in [6.45, 7) is 6.63. The molecule has 1 aliphatic heterocycles. The maximum atomic E-state index is 13.9. The molecule has 148 valence electrons. The number of hydrogen-bond acceptors (Lipinski definition) is 3. The fourth-order valence-electron chi connectivity index (χ4n) is 3.03. The summed E-state index contributed by atoms with van der Waals surface area (Å²) in [6, 6.07) is 5.26. The largest absolute Gasteiger partial charge is 0.381 e. The van der Waals surface area contributed by atoms with Gasteiger partial charge >= 0.3 is 0 Å². The number of halogens is 2. The van der Waals surface area contributed by atoms with E-state index in [1.807, 2.05) is 31.1 Å². The van der Waals surface area contributed by atoms with Crippen LogP contribution in [0, 0.1) is 11.7 Å². The van der Waals surface area contributed by atoms with Crippen LogP contribution in [-0.2, 0) is 17.8 Å². The smallest absolute Gasteiger partial charge is 0.193 e. The SMILES string of the molecule is CCNC(=NCc1ccc(F)c(CN(C)C)c1)N(C)CC1CCOC1.I. The second-order valence-electron chi connectivity index (χ2n) is 6.94. The zero-order chi connectivity index (χ0) is 18.2. The second kappa shape index (κ2) is 11.7. The number of rotatable bonds is 7. The van der Waals surface area contributed by atoms with Gasteiger partial charge in [0.2, 0.25) is 0 Å². The lowest BCUT2D eigenvalue weighted by molar-refractivity contribution is 0.181. The third-order valence-electron chi connectivity index (χ3n) is 4.26. The Morgan fingerprint density at radius 1 is 1.35 bits per heavy atom. The number of benzene rings is 1. The van der Waals surface area contributed by atoms with Crippen molar-refractivity contribution in [2.45, 2.75) is 26.4 Å². The highest BCUT2D eigenvalue weighted by Crippen LogP contribution is 2.15. The molecule has 0 radical (unpaired) electrons. The van der Waals surface area contributed by atoms with Gasteiger partial charge in [0.15, 0.2) is 5.96 Å². The summed E-state index contributed by atoms with van der Waals surface area (Å²) in [5.74, 6) is 1.28. The number of aliphatic imine (C=N–C) groups is 1. The molecule has 1 aliphatic rings. The molecule has 1 aromatic rings. The number of hydrogen-bond donors (Lipinski definition) is 1. The second-order valence-corrected chi connectivity index (χ2v) is 6.94. The summed E-state index contributed by atoms with van der Waals surface area (Å²) in [5.41, 5.74) is 1.73. The van der Waals surface area contributed by atoms with E-state index in [2.05, 4.69) is 24.2 Å². The zero-order valence-electron chi connectivity index (χ0n) is 16.3. The summed E-state index contributed by atoms with van der Waals surface area (Å²) in [6.07, 6.45) is 1.11. The lowest BCUT2D eigenvalue weighted by Gasteiger charge is -2.24. The van der Waals surface area contributed by atoms with Gasteiger partial charge in [0.05, 0.1) is 13.2 Å². The van der Waals surface area contributed by atoms with Crippen LogP contribution in [0.25, 0.3) is 0 Å². The summed E-state index contributed by atoms with van der Waals surface area (Å²) in [4.78, 5) is 8.86. The Morgan fingerprint density at radius 2 is 2.12 bits per heavy atom. The molecule has 0 saturated carbocycles. The van der Waals surface area contributed by atoms with Crippen molar-refractivity contribution in [2.24, 2.45) is 10.9 Å². The molecule has 0 aromatic heterocycles. The van der Waals surface area contributed by atoms with E-state index in [9.17, 15) is 4.39 Å². The monoisotopic (exact) mass is 478 g/mol. The molecule has 0 aliphatic carbocycles. The first kappa shape index (κ1) is 23.1. The van der Waals surface area contributed by atoms with E-state index in [4.69, 9.17) is 9.73 Å². The van der Waals surface area contributed by atoms with Crippen molar-refractivity contribution in [1.29, 1.82) is 0 Å². The number of guanidine groups is 1. The lowest BCUT2D eigenvalue weighted by Crippen LogP contribution is -2.41. The van der Waals surface area contributed by atoms with Crippen molar-refractivity contribution in [3.8, 4) is 0 Å². The van der Waals surface area contributed by atoms with E-state index in [-0.39, 0.29) is 29.8 Å². The molecule has 2 rings (SSSR count).